The normalized spacial score (nSPS) is 10.6. The second-order valence-corrected chi connectivity index (χ2v) is 4.50. The predicted octanol–water partition coefficient (Wildman–Crippen LogP) is 2.07. The van der Waals surface area contributed by atoms with Gasteiger partial charge in [-0.15, -0.1) is 10.2 Å². The number of Topliss-reactive ketones (excluding diaryl/α,β-unsaturated/α-hetero) is 1. The molecular formula is C11H9F2N3OS. The molecule has 18 heavy (non-hydrogen) atoms. The van der Waals surface area contributed by atoms with E-state index in [2.05, 4.69) is 10.2 Å². The van der Waals surface area contributed by atoms with Crippen LogP contribution in [0.15, 0.2) is 29.7 Å². The molecular weight excluding hydrogens is 260 g/mol. The lowest BCUT2D eigenvalue weighted by molar-refractivity contribution is 0.101. The van der Waals surface area contributed by atoms with E-state index >= 15 is 0 Å². The summed E-state index contributed by atoms with van der Waals surface area (Å²) >= 11 is 1.15. The Morgan fingerprint density at radius 1 is 1.44 bits per heavy atom. The monoisotopic (exact) mass is 269 g/mol. The number of carbonyl (C=O) groups excluding carboxylic acids is 1. The van der Waals surface area contributed by atoms with Crippen molar-refractivity contribution >= 4 is 17.5 Å². The van der Waals surface area contributed by atoms with Crippen molar-refractivity contribution in [2.75, 3.05) is 5.75 Å². The summed E-state index contributed by atoms with van der Waals surface area (Å²) in [5, 5.41) is 8.01. The standard InChI is InChI=1S/C11H9F2N3OS/c1-16-6-14-15-11(16)18-5-10(17)8-3-2-7(12)4-9(8)13/h2-4,6H,5H2,1H3. The van der Waals surface area contributed by atoms with E-state index in [9.17, 15) is 13.6 Å². The highest BCUT2D eigenvalue weighted by atomic mass is 32.2. The van der Waals surface area contributed by atoms with Crippen LogP contribution in [0.2, 0.25) is 0 Å². The number of thioether (sulfide) groups is 1. The average Bonchev–Trinajstić information content (AvgIpc) is 2.72. The third-order valence-electron chi connectivity index (χ3n) is 2.23. The molecule has 0 N–H and O–H groups in total. The number of hydrogen-bond acceptors (Lipinski definition) is 4. The van der Waals surface area contributed by atoms with Crippen LogP contribution < -0.4 is 0 Å². The van der Waals surface area contributed by atoms with Crippen molar-refractivity contribution < 1.29 is 13.6 Å². The van der Waals surface area contributed by atoms with Crippen LogP contribution in [0, 0.1) is 11.6 Å². The summed E-state index contributed by atoms with van der Waals surface area (Å²) in [5.41, 5.74) is -0.119. The maximum Gasteiger partial charge on any atom is 0.191 e. The molecule has 1 aromatic heterocycles. The Hall–Kier alpha value is -1.76. The number of aromatic nitrogens is 3. The number of ketones is 1. The first-order chi connectivity index (χ1) is 8.58. The van der Waals surface area contributed by atoms with E-state index in [1.54, 1.807) is 11.6 Å². The molecule has 2 rings (SSSR count). The van der Waals surface area contributed by atoms with Crippen LogP contribution in [0.1, 0.15) is 10.4 Å². The molecule has 2 aromatic rings. The molecule has 0 saturated carbocycles. The van der Waals surface area contributed by atoms with Crippen molar-refractivity contribution in [3.05, 3.63) is 41.7 Å². The maximum absolute atomic E-state index is 13.3. The molecule has 94 valence electrons. The molecule has 0 unspecified atom stereocenters. The third kappa shape index (κ3) is 2.73. The van der Waals surface area contributed by atoms with Crippen LogP contribution in [0.25, 0.3) is 0 Å². The van der Waals surface area contributed by atoms with E-state index in [1.165, 1.54) is 6.33 Å². The average molecular weight is 269 g/mol. The topological polar surface area (TPSA) is 47.8 Å². The van der Waals surface area contributed by atoms with Gasteiger partial charge in [0.1, 0.15) is 18.0 Å². The first kappa shape index (κ1) is 12.7. The molecule has 0 atom stereocenters. The molecule has 7 heteroatoms. The van der Waals surface area contributed by atoms with E-state index in [4.69, 9.17) is 0 Å². The zero-order valence-corrected chi connectivity index (χ0v) is 10.2. The van der Waals surface area contributed by atoms with Gasteiger partial charge in [-0.3, -0.25) is 4.79 Å². The maximum atomic E-state index is 13.3. The highest BCUT2D eigenvalue weighted by Crippen LogP contribution is 2.17. The molecule has 1 aromatic carbocycles. The number of nitrogens with zero attached hydrogens (tertiary/aromatic N) is 3. The Morgan fingerprint density at radius 3 is 2.83 bits per heavy atom. The van der Waals surface area contributed by atoms with Gasteiger partial charge in [0.05, 0.1) is 11.3 Å². The molecule has 0 spiro atoms. The second kappa shape index (κ2) is 5.26. The SMILES string of the molecule is Cn1cnnc1SCC(=O)c1ccc(F)cc1F. The fourth-order valence-electron chi connectivity index (χ4n) is 1.33. The molecule has 4 nitrogen and oxygen atoms in total. The van der Waals surface area contributed by atoms with Gasteiger partial charge in [-0.2, -0.15) is 0 Å². The van der Waals surface area contributed by atoms with Gasteiger partial charge in [0.15, 0.2) is 10.9 Å². The molecule has 0 radical (unpaired) electrons. The largest absolute Gasteiger partial charge is 0.312 e. The zero-order chi connectivity index (χ0) is 13.1. The minimum absolute atomic E-state index is 0.0229. The Morgan fingerprint density at radius 2 is 2.22 bits per heavy atom. The molecule has 0 bridgehead atoms. The Kier molecular flexibility index (Phi) is 3.71. The van der Waals surface area contributed by atoms with E-state index in [1.807, 2.05) is 0 Å². The highest BCUT2D eigenvalue weighted by Gasteiger charge is 2.14. The number of benzene rings is 1. The number of halogens is 2. The molecule has 1 heterocycles. The summed E-state index contributed by atoms with van der Waals surface area (Å²) in [6.07, 6.45) is 1.51. The van der Waals surface area contributed by atoms with Crippen molar-refractivity contribution in [1.82, 2.24) is 14.8 Å². The van der Waals surface area contributed by atoms with Crippen LogP contribution in [0.3, 0.4) is 0 Å². The van der Waals surface area contributed by atoms with E-state index in [0.29, 0.717) is 11.2 Å². The summed E-state index contributed by atoms with van der Waals surface area (Å²) in [6, 6.07) is 2.90. The predicted molar refractivity (Wildman–Crippen MR) is 62.4 cm³/mol. The van der Waals surface area contributed by atoms with Crippen molar-refractivity contribution in [2.24, 2.45) is 7.05 Å². The van der Waals surface area contributed by atoms with Crippen molar-refractivity contribution in [3.63, 3.8) is 0 Å². The molecule has 0 amide bonds. The summed E-state index contributed by atoms with van der Waals surface area (Å²) in [7, 11) is 1.74. The van der Waals surface area contributed by atoms with E-state index in [-0.39, 0.29) is 11.3 Å². The minimum atomic E-state index is -0.849. The number of hydrogen-bond donors (Lipinski definition) is 0. The van der Waals surface area contributed by atoms with Crippen molar-refractivity contribution in [2.45, 2.75) is 5.16 Å². The summed E-state index contributed by atoms with van der Waals surface area (Å²) < 4.78 is 27.7. The quantitative estimate of drug-likeness (QED) is 0.629. The lowest BCUT2D eigenvalue weighted by atomic mass is 10.1. The third-order valence-corrected chi connectivity index (χ3v) is 3.27. The Bertz CT molecular complexity index is 585. The first-order valence-corrected chi connectivity index (χ1v) is 6.01. The van der Waals surface area contributed by atoms with Crippen molar-refractivity contribution in [3.8, 4) is 0 Å². The van der Waals surface area contributed by atoms with Crippen LogP contribution in [0.4, 0.5) is 8.78 Å². The van der Waals surface area contributed by atoms with Gasteiger partial charge in [0.25, 0.3) is 0 Å². The van der Waals surface area contributed by atoms with Gasteiger partial charge in [0, 0.05) is 13.1 Å². The molecule has 0 saturated heterocycles. The number of rotatable bonds is 4. The molecule has 0 aliphatic rings. The van der Waals surface area contributed by atoms with Crippen LogP contribution in [0.5, 0.6) is 0 Å². The smallest absolute Gasteiger partial charge is 0.191 e. The van der Waals surface area contributed by atoms with Crippen LogP contribution in [-0.4, -0.2) is 26.3 Å². The van der Waals surface area contributed by atoms with Crippen molar-refractivity contribution in [1.29, 1.82) is 0 Å². The fourth-order valence-corrected chi connectivity index (χ4v) is 2.10. The van der Waals surface area contributed by atoms with Gasteiger partial charge >= 0.3 is 0 Å². The summed E-state index contributed by atoms with van der Waals surface area (Å²) in [4.78, 5) is 11.7. The molecule has 0 aliphatic heterocycles. The van der Waals surface area contributed by atoms with Gasteiger partial charge < -0.3 is 4.57 Å². The van der Waals surface area contributed by atoms with Gasteiger partial charge in [-0.05, 0) is 12.1 Å². The summed E-state index contributed by atoms with van der Waals surface area (Å²) in [6.45, 7) is 0. The van der Waals surface area contributed by atoms with E-state index in [0.717, 1.165) is 23.9 Å². The lowest BCUT2D eigenvalue weighted by Gasteiger charge is -2.02. The second-order valence-electron chi connectivity index (χ2n) is 3.56. The van der Waals surface area contributed by atoms with Gasteiger partial charge in [-0.1, -0.05) is 11.8 Å². The van der Waals surface area contributed by atoms with Crippen LogP contribution in [-0.2, 0) is 7.05 Å². The van der Waals surface area contributed by atoms with E-state index < -0.39 is 17.4 Å². The van der Waals surface area contributed by atoms with Crippen LogP contribution >= 0.6 is 11.8 Å². The lowest BCUT2D eigenvalue weighted by Crippen LogP contribution is -2.06. The fraction of sp³-hybridized carbons (Fsp3) is 0.182. The Balaban J connectivity index is 2.06. The Labute approximate surface area is 106 Å². The number of aryl methyl sites for hydroxylation is 1. The number of carbonyl (C=O) groups is 1. The first-order valence-electron chi connectivity index (χ1n) is 5.03. The van der Waals surface area contributed by atoms with Gasteiger partial charge in [0.2, 0.25) is 0 Å². The summed E-state index contributed by atoms with van der Waals surface area (Å²) in [5.74, 6) is -1.95. The molecule has 0 aliphatic carbocycles. The zero-order valence-electron chi connectivity index (χ0n) is 9.43. The highest BCUT2D eigenvalue weighted by molar-refractivity contribution is 7.99. The van der Waals surface area contributed by atoms with Gasteiger partial charge in [-0.25, -0.2) is 8.78 Å². The molecule has 0 fully saturated rings. The minimum Gasteiger partial charge on any atom is -0.312 e.